The highest BCUT2D eigenvalue weighted by Gasteiger charge is 2.35. The zero-order chi connectivity index (χ0) is 21.8. The number of hydrogen-bond donors (Lipinski definition) is 1. The largest absolute Gasteiger partial charge is 0.488 e. The Morgan fingerprint density at radius 2 is 1.71 bits per heavy atom. The molecule has 164 valence electrons. The van der Waals surface area contributed by atoms with Crippen molar-refractivity contribution < 1.29 is 38.0 Å². The molecule has 2 heterocycles. The number of hydrogen-bond acceptors (Lipinski definition) is 7. The van der Waals surface area contributed by atoms with E-state index in [1.54, 1.807) is 30.3 Å². The fourth-order valence-electron chi connectivity index (χ4n) is 3.46. The molecule has 2 aromatic rings. The lowest BCUT2D eigenvalue weighted by molar-refractivity contribution is -0.230. The third-order valence-corrected chi connectivity index (χ3v) is 4.99. The van der Waals surface area contributed by atoms with Crippen LogP contribution in [-0.2, 0) is 14.2 Å². The summed E-state index contributed by atoms with van der Waals surface area (Å²) >= 11 is 0. The van der Waals surface area contributed by atoms with Crippen LogP contribution in [0.15, 0.2) is 42.5 Å². The third-order valence-electron chi connectivity index (χ3n) is 4.99. The molecule has 0 unspecified atom stereocenters. The summed E-state index contributed by atoms with van der Waals surface area (Å²) in [6.07, 6.45) is -1.11. The first-order valence-electron chi connectivity index (χ1n) is 9.91. The molecule has 1 N–H and O–H groups in total. The van der Waals surface area contributed by atoms with Crippen LogP contribution in [-0.4, -0.2) is 67.5 Å². The van der Waals surface area contributed by atoms with Crippen molar-refractivity contribution in [3.05, 3.63) is 65.0 Å². The van der Waals surface area contributed by atoms with Crippen molar-refractivity contribution in [2.24, 2.45) is 0 Å². The van der Waals surface area contributed by atoms with Gasteiger partial charge in [0.2, 0.25) is 0 Å². The van der Waals surface area contributed by atoms with Gasteiger partial charge >= 0.3 is 0 Å². The minimum Gasteiger partial charge on any atom is -0.488 e. The molecular formula is C22H22FNO7. The fourth-order valence-corrected chi connectivity index (χ4v) is 3.46. The van der Waals surface area contributed by atoms with E-state index in [1.807, 2.05) is 0 Å². The summed E-state index contributed by atoms with van der Waals surface area (Å²) in [5, 5.41) is 8.76. The summed E-state index contributed by atoms with van der Waals surface area (Å²) in [5.41, 5.74) is 1.30. The molecule has 2 aliphatic rings. The van der Waals surface area contributed by atoms with Gasteiger partial charge in [-0.1, -0.05) is 18.2 Å². The number of rotatable bonds is 8. The third kappa shape index (κ3) is 4.59. The Kier molecular flexibility index (Phi) is 6.57. The summed E-state index contributed by atoms with van der Waals surface area (Å²) in [4.78, 5) is 25.9. The molecule has 0 atom stereocenters. The SMILES string of the molecule is O=C1c2ccccc2C(=O)N1CCOC1COC(c2ccc(OCCO)c(F)c2)OC1. The van der Waals surface area contributed by atoms with Crippen LogP contribution in [0.3, 0.4) is 0 Å². The smallest absolute Gasteiger partial charge is 0.261 e. The zero-order valence-electron chi connectivity index (χ0n) is 16.7. The van der Waals surface area contributed by atoms with E-state index in [1.165, 1.54) is 17.0 Å². The Labute approximate surface area is 178 Å². The molecule has 1 saturated heterocycles. The van der Waals surface area contributed by atoms with Crippen LogP contribution in [0.25, 0.3) is 0 Å². The summed E-state index contributed by atoms with van der Waals surface area (Å²) in [6, 6.07) is 11.1. The Morgan fingerprint density at radius 3 is 2.32 bits per heavy atom. The van der Waals surface area contributed by atoms with Crippen molar-refractivity contribution in [2.75, 3.05) is 39.6 Å². The van der Waals surface area contributed by atoms with Crippen LogP contribution >= 0.6 is 0 Å². The monoisotopic (exact) mass is 431 g/mol. The van der Waals surface area contributed by atoms with Gasteiger partial charge in [0.1, 0.15) is 12.7 Å². The molecule has 4 rings (SSSR count). The molecule has 0 aromatic heterocycles. The van der Waals surface area contributed by atoms with E-state index in [4.69, 9.17) is 24.1 Å². The highest BCUT2D eigenvalue weighted by molar-refractivity contribution is 6.21. The molecule has 0 radical (unpaired) electrons. The zero-order valence-corrected chi connectivity index (χ0v) is 16.7. The van der Waals surface area contributed by atoms with E-state index in [0.717, 1.165) is 0 Å². The second-order valence-electron chi connectivity index (χ2n) is 7.06. The molecule has 8 nitrogen and oxygen atoms in total. The number of carbonyl (C=O) groups excluding carboxylic acids is 2. The highest BCUT2D eigenvalue weighted by atomic mass is 19.1. The molecule has 2 aromatic carbocycles. The van der Waals surface area contributed by atoms with Gasteiger partial charge in [-0.2, -0.15) is 0 Å². The van der Waals surface area contributed by atoms with Crippen LogP contribution in [0.5, 0.6) is 5.75 Å². The molecule has 9 heteroatoms. The summed E-state index contributed by atoms with van der Waals surface area (Å²) < 4.78 is 36.1. The van der Waals surface area contributed by atoms with Gasteiger partial charge in [-0.25, -0.2) is 4.39 Å². The average Bonchev–Trinajstić information content (AvgIpc) is 3.04. The van der Waals surface area contributed by atoms with Crippen LogP contribution < -0.4 is 4.74 Å². The molecule has 0 aliphatic carbocycles. The van der Waals surface area contributed by atoms with Crippen LogP contribution in [0.4, 0.5) is 4.39 Å². The van der Waals surface area contributed by atoms with E-state index >= 15 is 0 Å². The van der Waals surface area contributed by atoms with Gasteiger partial charge in [-0.05, 0) is 24.3 Å². The van der Waals surface area contributed by atoms with E-state index < -0.39 is 12.1 Å². The molecule has 0 spiro atoms. The molecule has 2 aliphatic heterocycles. The van der Waals surface area contributed by atoms with E-state index in [2.05, 4.69) is 0 Å². The lowest BCUT2D eigenvalue weighted by Crippen LogP contribution is -2.37. The van der Waals surface area contributed by atoms with Gasteiger partial charge < -0.3 is 24.1 Å². The Balaban J connectivity index is 1.24. The number of aliphatic hydroxyl groups excluding tert-OH is 1. The van der Waals surface area contributed by atoms with Crippen LogP contribution in [0, 0.1) is 5.82 Å². The lowest BCUT2D eigenvalue weighted by Gasteiger charge is -2.30. The second-order valence-corrected chi connectivity index (χ2v) is 7.06. The fraction of sp³-hybridized carbons (Fsp3) is 0.364. The molecule has 1 fully saturated rings. The van der Waals surface area contributed by atoms with Crippen molar-refractivity contribution in [2.45, 2.75) is 12.4 Å². The molecule has 0 bridgehead atoms. The summed E-state index contributed by atoms with van der Waals surface area (Å²) in [6.45, 7) is 0.525. The Bertz CT molecular complexity index is 924. The topological polar surface area (TPSA) is 94.5 Å². The number of carbonyl (C=O) groups is 2. The maximum Gasteiger partial charge on any atom is 0.261 e. The average molecular weight is 431 g/mol. The second kappa shape index (κ2) is 9.52. The Hall–Kier alpha value is -2.85. The predicted molar refractivity (Wildman–Crippen MR) is 105 cm³/mol. The molecule has 0 saturated carbocycles. The van der Waals surface area contributed by atoms with Gasteiger partial charge in [0.25, 0.3) is 11.8 Å². The number of ether oxygens (including phenoxy) is 4. The number of nitrogens with zero attached hydrogens (tertiary/aromatic N) is 1. The van der Waals surface area contributed by atoms with Gasteiger partial charge in [-0.3, -0.25) is 14.5 Å². The van der Waals surface area contributed by atoms with Gasteiger partial charge in [0.05, 0.1) is 44.1 Å². The first kappa shape index (κ1) is 21.4. The van der Waals surface area contributed by atoms with Crippen LogP contribution in [0.2, 0.25) is 0 Å². The Morgan fingerprint density at radius 1 is 1.03 bits per heavy atom. The van der Waals surface area contributed by atoms with Crippen molar-refractivity contribution >= 4 is 11.8 Å². The van der Waals surface area contributed by atoms with Gasteiger partial charge in [-0.15, -0.1) is 0 Å². The van der Waals surface area contributed by atoms with Gasteiger partial charge in [0.15, 0.2) is 17.9 Å². The standard InChI is InChI=1S/C22H22FNO7/c23-18-11-14(5-6-19(18)29-10-8-25)22-30-12-15(13-31-22)28-9-7-24-20(26)16-3-1-2-4-17(16)21(24)27/h1-6,11,15,22,25H,7-10,12-13H2. The summed E-state index contributed by atoms with van der Waals surface area (Å²) in [7, 11) is 0. The minimum atomic E-state index is -0.738. The highest BCUT2D eigenvalue weighted by Crippen LogP contribution is 2.28. The number of halogens is 1. The number of aliphatic hydroxyl groups is 1. The maximum absolute atomic E-state index is 14.1. The predicted octanol–water partition coefficient (Wildman–Crippen LogP) is 1.92. The van der Waals surface area contributed by atoms with Crippen molar-refractivity contribution in [3.63, 3.8) is 0 Å². The quantitative estimate of drug-likeness (QED) is 0.638. The van der Waals surface area contributed by atoms with Crippen LogP contribution in [0.1, 0.15) is 32.6 Å². The first-order valence-corrected chi connectivity index (χ1v) is 9.91. The first-order chi connectivity index (χ1) is 15.1. The maximum atomic E-state index is 14.1. The number of amides is 2. The van der Waals surface area contributed by atoms with Gasteiger partial charge in [0, 0.05) is 5.56 Å². The van der Waals surface area contributed by atoms with E-state index in [0.29, 0.717) is 16.7 Å². The lowest BCUT2D eigenvalue weighted by atomic mass is 10.1. The number of imide groups is 1. The van der Waals surface area contributed by atoms with Crippen molar-refractivity contribution in [3.8, 4) is 5.75 Å². The van der Waals surface area contributed by atoms with E-state index in [9.17, 15) is 14.0 Å². The molecular weight excluding hydrogens is 409 g/mol. The minimum absolute atomic E-state index is 0.00637. The summed E-state index contributed by atoms with van der Waals surface area (Å²) in [5.74, 6) is -1.18. The van der Waals surface area contributed by atoms with Crippen molar-refractivity contribution in [1.29, 1.82) is 0 Å². The van der Waals surface area contributed by atoms with Crippen molar-refractivity contribution in [1.82, 2.24) is 4.90 Å². The number of fused-ring (bicyclic) bond motifs is 1. The normalized spacial score (nSPS) is 20.8. The molecule has 2 amide bonds. The molecule has 31 heavy (non-hydrogen) atoms. The number of benzene rings is 2. The van der Waals surface area contributed by atoms with E-state index in [-0.39, 0.29) is 63.2 Å².